The normalized spacial score (nSPS) is 16.9. The maximum atomic E-state index is 9.05. The lowest BCUT2D eigenvalue weighted by Crippen LogP contribution is -2.43. The number of anilines is 1. The van der Waals surface area contributed by atoms with Crippen molar-refractivity contribution in [3.05, 3.63) is 29.8 Å². The van der Waals surface area contributed by atoms with Crippen LogP contribution in [0.1, 0.15) is 24.8 Å². The summed E-state index contributed by atoms with van der Waals surface area (Å²) in [5.74, 6) is 0. The molecule has 0 amide bonds. The van der Waals surface area contributed by atoms with Gasteiger partial charge < -0.3 is 5.32 Å². The summed E-state index contributed by atoms with van der Waals surface area (Å²) < 4.78 is 0. The maximum Gasteiger partial charge on any atom is 0.125 e. The van der Waals surface area contributed by atoms with E-state index in [1.807, 2.05) is 12.1 Å². The van der Waals surface area contributed by atoms with Crippen LogP contribution < -0.4 is 5.32 Å². The molecular formula is C12H11N3. The molecule has 0 saturated heterocycles. The Balaban J connectivity index is 2.18. The van der Waals surface area contributed by atoms with Gasteiger partial charge in [-0.1, -0.05) is 6.07 Å². The molecule has 2 rings (SSSR count). The molecule has 0 bridgehead atoms. The molecule has 0 atom stereocenters. The summed E-state index contributed by atoms with van der Waals surface area (Å²) in [4.78, 5) is 0. The standard InChI is InChI=1S/C12H11N3/c13-8-10-3-1-4-11(7-10)15-12(9-14)5-2-6-12/h1,3-4,7,15H,2,5-6H2. The summed E-state index contributed by atoms with van der Waals surface area (Å²) in [5.41, 5.74) is 1.08. The average Bonchev–Trinajstić information content (AvgIpc) is 2.24. The van der Waals surface area contributed by atoms with Crippen molar-refractivity contribution in [1.29, 1.82) is 10.5 Å². The van der Waals surface area contributed by atoms with Crippen molar-refractivity contribution in [2.24, 2.45) is 0 Å². The monoisotopic (exact) mass is 197 g/mol. The van der Waals surface area contributed by atoms with Crippen molar-refractivity contribution >= 4 is 5.69 Å². The summed E-state index contributed by atoms with van der Waals surface area (Å²) in [5, 5.41) is 21.0. The van der Waals surface area contributed by atoms with Crippen LogP contribution in [-0.4, -0.2) is 5.54 Å². The van der Waals surface area contributed by atoms with Crippen LogP contribution in [0.3, 0.4) is 0 Å². The van der Waals surface area contributed by atoms with E-state index in [9.17, 15) is 0 Å². The maximum absolute atomic E-state index is 9.05. The van der Waals surface area contributed by atoms with Crippen molar-refractivity contribution in [3.8, 4) is 12.1 Å². The van der Waals surface area contributed by atoms with E-state index in [0.717, 1.165) is 24.9 Å². The molecule has 1 N–H and O–H groups in total. The Labute approximate surface area is 89.0 Å². The third-order valence-electron chi connectivity index (χ3n) is 2.80. The Bertz CT molecular complexity index is 447. The minimum absolute atomic E-state index is 0.395. The van der Waals surface area contributed by atoms with Gasteiger partial charge >= 0.3 is 0 Å². The van der Waals surface area contributed by atoms with E-state index in [1.165, 1.54) is 0 Å². The first kappa shape index (κ1) is 9.55. The minimum atomic E-state index is -0.395. The zero-order valence-electron chi connectivity index (χ0n) is 8.33. The molecule has 0 spiro atoms. The largest absolute Gasteiger partial charge is 0.367 e. The summed E-state index contributed by atoms with van der Waals surface area (Å²) in [6.07, 6.45) is 2.87. The molecule has 1 aromatic rings. The fourth-order valence-electron chi connectivity index (χ4n) is 1.74. The van der Waals surface area contributed by atoms with E-state index in [1.54, 1.807) is 12.1 Å². The summed E-state index contributed by atoms with van der Waals surface area (Å²) in [6, 6.07) is 11.6. The van der Waals surface area contributed by atoms with Gasteiger partial charge in [0.15, 0.2) is 0 Å². The third kappa shape index (κ3) is 1.78. The van der Waals surface area contributed by atoms with E-state index < -0.39 is 5.54 Å². The van der Waals surface area contributed by atoms with Crippen molar-refractivity contribution in [1.82, 2.24) is 0 Å². The van der Waals surface area contributed by atoms with Gasteiger partial charge in [-0.3, -0.25) is 0 Å². The lowest BCUT2D eigenvalue weighted by molar-refractivity contribution is 0.356. The molecular weight excluding hydrogens is 186 g/mol. The number of hydrogen-bond donors (Lipinski definition) is 1. The molecule has 3 nitrogen and oxygen atoms in total. The summed E-state index contributed by atoms with van der Waals surface area (Å²) in [7, 11) is 0. The van der Waals surface area contributed by atoms with Gasteiger partial charge in [-0.25, -0.2) is 0 Å². The fourth-order valence-corrected chi connectivity index (χ4v) is 1.74. The second-order valence-electron chi connectivity index (χ2n) is 3.87. The van der Waals surface area contributed by atoms with Crippen LogP contribution in [0.5, 0.6) is 0 Å². The molecule has 0 heterocycles. The molecule has 0 aliphatic heterocycles. The second-order valence-corrected chi connectivity index (χ2v) is 3.87. The Hall–Kier alpha value is -2.00. The van der Waals surface area contributed by atoms with Crippen LogP contribution >= 0.6 is 0 Å². The van der Waals surface area contributed by atoms with Gasteiger partial charge in [0.25, 0.3) is 0 Å². The first-order valence-corrected chi connectivity index (χ1v) is 4.98. The predicted molar refractivity (Wildman–Crippen MR) is 57.0 cm³/mol. The number of nitriles is 2. The molecule has 0 unspecified atom stereocenters. The van der Waals surface area contributed by atoms with E-state index in [-0.39, 0.29) is 0 Å². The van der Waals surface area contributed by atoms with Gasteiger partial charge in [0.05, 0.1) is 17.7 Å². The third-order valence-corrected chi connectivity index (χ3v) is 2.80. The first-order chi connectivity index (χ1) is 7.28. The van der Waals surface area contributed by atoms with Crippen molar-refractivity contribution in [3.63, 3.8) is 0 Å². The lowest BCUT2D eigenvalue weighted by atomic mass is 9.78. The molecule has 1 aliphatic rings. The SMILES string of the molecule is N#Cc1cccc(NC2(C#N)CCC2)c1. The second kappa shape index (κ2) is 3.63. The van der Waals surface area contributed by atoms with Crippen LogP contribution in [0.25, 0.3) is 0 Å². The Kier molecular flexibility index (Phi) is 2.31. The van der Waals surface area contributed by atoms with Gasteiger partial charge in [-0.15, -0.1) is 0 Å². The molecule has 74 valence electrons. The summed E-state index contributed by atoms with van der Waals surface area (Å²) in [6.45, 7) is 0. The van der Waals surface area contributed by atoms with Gasteiger partial charge in [0.1, 0.15) is 5.54 Å². The van der Waals surface area contributed by atoms with Gasteiger partial charge in [0, 0.05) is 5.69 Å². The predicted octanol–water partition coefficient (Wildman–Crippen LogP) is 2.42. The number of rotatable bonds is 2. The molecule has 0 aromatic heterocycles. The van der Waals surface area contributed by atoms with Crippen molar-refractivity contribution in [2.45, 2.75) is 24.8 Å². The Morgan fingerprint density at radius 3 is 2.60 bits per heavy atom. The molecule has 0 radical (unpaired) electrons. The van der Waals surface area contributed by atoms with E-state index >= 15 is 0 Å². The molecule has 1 fully saturated rings. The van der Waals surface area contributed by atoms with Crippen LogP contribution in [-0.2, 0) is 0 Å². The van der Waals surface area contributed by atoms with Crippen LogP contribution in [0.15, 0.2) is 24.3 Å². The molecule has 15 heavy (non-hydrogen) atoms. The quantitative estimate of drug-likeness (QED) is 0.792. The van der Waals surface area contributed by atoms with E-state index in [4.69, 9.17) is 10.5 Å². The highest BCUT2D eigenvalue weighted by molar-refractivity contribution is 5.52. The zero-order valence-corrected chi connectivity index (χ0v) is 8.33. The van der Waals surface area contributed by atoms with E-state index in [2.05, 4.69) is 17.5 Å². The number of benzene rings is 1. The topological polar surface area (TPSA) is 59.6 Å². The molecule has 1 aromatic carbocycles. The Morgan fingerprint density at radius 2 is 2.07 bits per heavy atom. The molecule has 3 heteroatoms. The molecule has 1 aliphatic carbocycles. The first-order valence-electron chi connectivity index (χ1n) is 4.98. The highest BCUT2D eigenvalue weighted by atomic mass is 15.0. The number of nitrogens with one attached hydrogen (secondary N) is 1. The van der Waals surface area contributed by atoms with Gasteiger partial charge in [-0.2, -0.15) is 10.5 Å². The van der Waals surface area contributed by atoms with Crippen LogP contribution in [0.4, 0.5) is 5.69 Å². The Morgan fingerprint density at radius 1 is 1.27 bits per heavy atom. The number of nitrogens with zero attached hydrogens (tertiary/aromatic N) is 2. The summed E-state index contributed by atoms with van der Waals surface area (Å²) >= 11 is 0. The average molecular weight is 197 g/mol. The van der Waals surface area contributed by atoms with Crippen molar-refractivity contribution in [2.75, 3.05) is 5.32 Å². The van der Waals surface area contributed by atoms with Crippen LogP contribution in [0.2, 0.25) is 0 Å². The van der Waals surface area contributed by atoms with Crippen LogP contribution in [0, 0.1) is 22.7 Å². The molecule has 1 saturated carbocycles. The smallest absolute Gasteiger partial charge is 0.125 e. The van der Waals surface area contributed by atoms with Gasteiger partial charge in [0.2, 0.25) is 0 Å². The van der Waals surface area contributed by atoms with Gasteiger partial charge in [-0.05, 0) is 37.5 Å². The number of hydrogen-bond acceptors (Lipinski definition) is 3. The van der Waals surface area contributed by atoms with Crippen molar-refractivity contribution < 1.29 is 0 Å². The fraction of sp³-hybridized carbons (Fsp3) is 0.333. The highest BCUT2D eigenvalue weighted by Gasteiger charge is 2.36. The lowest BCUT2D eigenvalue weighted by Gasteiger charge is -2.36. The highest BCUT2D eigenvalue weighted by Crippen LogP contribution is 2.34. The minimum Gasteiger partial charge on any atom is -0.367 e. The van der Waals surface area contributed by atoms with E-state index in [0.29, 0.717) is 5.56 Å². The zero-order chi connectivity index (χ0) is 10.7.